The molecule has 2 fully saturated rings. The first-order valence-electron chi connectivity index (χ1n) is 6.05. The molecule has 0 radical (unpaired) electrons. The van der Waals surface area contributed by atoms with E-state index in [2.05, 4.69) is 0 Å². The lowest BCUT2D eigenvalue weighted by molar-refractivity contribution is 0.129. The van der Waals surface area contributed by atoms with Crippen molar-refractivity contribution in [2.75, 3.05) is 0 Å². The highest BCUT2D eigenvalue weighted by Crippen LogP contribution is 2.53. The molecule has 2 atom stereocenters. The zero-order valence-corrected chi connectivity index (χ0v) is 11.0. The molecule has 92 valence electrons. The van der Waals surface area contributed by atoms with Gasteiger partial charge in [0.2, 0.25) is 0 Å². The summed E-state index contributed by atoms with van der Waals surface area (Å²) >= 11 is 6.24. The minimum absolute atomic E-state index is 0.0761. The van der Waals surface area contributed by atoms with E-state index in [0.717, 1.165) is 19.3 Å². The molecular weight excluding hydrogens is 256 g/mol. The van der Waals surface area contributed by atoms with E-state index in [4.69, 9.17) is 11.6 Å². The third-order valence-electron chi connectivity index (χ3n) is 4.17. The molecule has 2 aliphatic rings. The van der Waals surface area contributed by atoms with Gasteiger partial charge in [0.05, 0.1) is 10.1 Å². The molecule has 0 N–H and O–H groups in total. The SMILES string of the molecule is O=S(=O)(c1ccccc1)C1[C@H]2CCC[C@H]1C2Cl. The molecule has 0 aromatic heterocycles. The van der Waals surface area contributed by atoms with Gasteiger partial charge in [0.1, 0.15) is 0 Å². The van der Waals surface area contributed by atoms with E-state index in [9.17, 15) is 8.42 Å². The number of halogens is 1. The van der Waals surface area contributed by atoms with Crippen LogP contribution in [0.15, 0.2) is 35.2 Å². The predicted octanol–water partition coefficient (Wildman–Crippen LogP) is 2.87. The van der Waals surface area contributed by atoms with Crippen LogP contribution in [0.1, 0.15) is 19.3 Å². The van der Waals surface area contributed by atoms with Crippen LogP contribution in [-0.4, -0.2) is 19.0 Å². The van der Waals surface area contributed by atoms with Gasteiger partial charge in [-0.15, -0.1) is 11.6 Å². The van der Waals surface area contributed by atoms with Gasteiger partial charge >= 0.3 is 0 Å². The summed E-state index contributed by atoms with van der Waals surface area (Å²) in [6.45, 7) is 0. The third kappa shape index (κ3) is 1.63. The van der Waals surface area contributed by atoms with E-state index >= 15 is 0 Å². The lowest BCUT2D eigenvalue weighted by Gasteiger charge is -2.52. The average molecular weight is 271 g/mol. The summed E-state index contributed by atoms with van der Waals surface area (Å²) in [6.07, 6.45) is 3.04. The van der Waals surface area contributed by atoms with Crippen molar-refractivity contribution >= 4 is 21.4 Å². The Kier molecular flexibility index (Phi) is 2.71. The van der Waals surface area contributed by atoms with Crippen molar-refractivity contribution in [3.8, 4) is 0 Å². The van der Waals surface area contributed by atoms with Crippen LogP contribution in [0.3, 0.4) is 0 Å². The number of rotatable bonds is 2. The summed E-state index contributed by atoms with van der Waals surface area (Å²) in [6, 6.07) is 8.77. The van der Waals surface area contributed by atoms with Gasteiger partial charge < -0.3 is 0 Å². The summed E-state index contributed by atoms with van der Waals surface area (Å²) in [7, 11) is -3.18. The van der Waals surface area contributed by atoms with Crippen LogP contribution < -0.4 is 0 Å². The van der Waals surface area contributed by atoms with Crippen LogP contribution in [-0.2, 0) is 9.84 Å². The number of hydrogen-bond acceptors (Lipinski definition) is 2. The van der Waals surface area contributed by atoms with Gasteiger partial charge in [0.15, 0.2) is 9.84 Å². The van der Waals surface area contributed by atoms with Crippen LogP contribution in [0.2, 0.25) is 0 Å². The number of hydrogen-bond donors (Lipinski definition) is 0. The summed E-state index contributed by atoms with van der Waals surface area (Å²) in [4.78, 5) is 0.450. The molecule has 0 aliphatic heterocycles. The molecule has 0 amide bonds. The van der Waals surface area contributed by atoms with Crippen molar-refractivity contribution in [1.82, 2.24) is 0 Å². The zero-order chi connectivity index (χ0) is 12.0. The Balaban J connectivity index is 1.96. The lowest BCUT2D eigenvalue weighted by Crippen LogP contribution is -2.58. The third-order valence-corrected chi connectivity index (χ3v) is 7.16. The summed E-state index contributed by atoms with van der Waals surface area (Å²) in [5.41, 5.74) is 0. The second-order valence-electron chi connectivity index (χ2n) is 5.03. The largest absolute Gasteiger partial charge is 0.223 e. The number of alkyl halides is 1. The Bertz CT molecular complexity index is 499. The normalized spacial score (nSPS) is 36.3. The van der Waals surface area contributed by atoms with Gasteiger partial charge in [0.25, 0.3) is 0 Å². The first-order chi connectivity index (χ1) is 8.12. The Morgan fingerprint density at radius 2 is 1.65 bits per heavy atom. The van der Waals surface area contributed by atoms with E-state index < -0.39 is 9.84 Å². The first-order valence-corrected chi connectivity index (χ1v) is 8.03. The van der Waals surface area contributed by atoms with Crippen molar-refractivity contribution in [1.29, 1.82) is 0 Å². The highest BCUT2D eigenvalue weighted by atomic mass is 35.5. The molecule has 2 aliphatic carbocycles. The number of fused-ring (bicyclic) bond motifs is 2. The lowest BCUT2D eigenvalue weighted by atomic mass is 9.64. The van der Waals surface area contributed by atoms with Gasteiger partial charge in [0, 0.05) is 5.38 Å². The maximum absolute atomic E-state index is 12.5. The summed E-state index contributed by atoms with van der Waals surface area (Å²) in [5, 5.41) is -0.159. The molecule has 17 heavy (non-hydrogen) atoms. The van der Waals surface area contributed by atoms with Crippen LogP contribution >= 0.6 is 11.6 Å². The van der Waals surface area contributed by atoms with E-state index in [1.807, 2.05) is 6.07 Å². The standard InChI is InChI=1S/C13H15ClO2S/c14-12-10-7-4-8-11(12)13(10)17(15,16)9-5-2-1-3-6-9/h1-3,5-6,10-13H,4,7-8H2/t10-,11-,12?,13?/m0/s1. The number of sulfone groups is 1. The van der Waals surface area contributed by atoms with Crippen LogP contribution in [0.5, 0.6) is 0 Å². The fourth-order valence-corrected chi connectivity index (χ4v) is 6.44. The van der Waals surface area contributed by atoms with E-state index in [0.29, 0.717) is 4.90 Å². The second kappa shape index (κ2) is 3.99. The van der Waals surface area contributed by atoms with Crippen molar-refractivity contribution in [3.63, 3.8) is 0 Å². The molecule has 0 spiro atoms. The van der Waals surface area contributed by atoms with Crippen LogP contribution in [0.4, 0.5) is 0 Å². The molecule has 2 saturated carbocycles. The fraction of sp³-hybridized carbons (Fsp3) is 0.538. The van der Waals surface area contributed by atoms with Gasteiger partial charge in [-0.25, -0.2) is 8.42 Å². The Morgan fingerprint density at radius 3 is 2.18 bits per heavy atom. The van der Waals surface area contributed by atoms with E-state index in [1.165, 1.54) is 0 Å². The smallest absolute Gasteiger partial charge is 0.181 e. The first kappa shape index (κ1) is 11.5. The topological polar surface area (TPSA) is 34.1 Å². The zero-order valence-electron chi connectivity index (χ0n) is 9.42. The van der Waals surface area contributed by atoms with Crippen LogP contribution in [0.25, 0.3) is 0 Å². The van der Waals surface area contributed by atoms with Crippen LogP contribution in [0, 0.1) is 11.8 Å². The Morgan fingerprint density at radius 1 is 1.06 bits per heavy atom. The van der Waals surface area contributed by atoms with Crippen molar-refractivity contribution in [3.05, 3.63) is 30.3 Å². The molecule has 0 saturated heterocycles. The molecule has 0 unspecified atom stereocenters. The van der Waals surface area contributed by atoms with E-state index in [1.54, 1.807) is 24.3 Å². The Hall–Kier alpha value is -0.540. The average Bonchev–Trinajstić information content (AvgIpc) is 2.38. The summed E-state index contributed by atoms with van der Waals surface area (Å²) < 4.78 is 25.0. The number of benzene rings is 1. The Labute approximate surface area is 107 Å². The predicted molar refractivity (Wildman–Crippen MR) is 67.9 cm³/mol. The molecule has 4 heteroatoms. The van der Waals surface area contributed by atoms with Gasteiger partial charge in [-0.05, 0) is 36.8 Å². The molecule has 3 rings (SSSR count). The van der Waals surface area contributed by atoms with Gasteiger partial charge in [-0.3, -0.25) is 0 Å². The van der Waals surface area contributed by atoms with Gasteiger partial charge in [-0.2, -0.15) is 0 Å². The quantitative estimate of drug-likeness (QED) is 0.775. The van der Waals surface area contributed by atoms with Gasteiger partial charge in [-0.1, -0.05) is 24.6 Å². The fourth-order valence-electron chi connectivity index (χ4n) is 3.32. The van der Waals surface area contributed by atoms with Crippen molar-refractivity contribution in [2.24, 2.45) is 11.8 Å². The van der Waals surface area contributed by atoms with Crippen molar-refractivity contribution in [2.45, 2.75) is 34.8 Å². The second-order valence-corrected chi connectivity index (χ2v) is 7.64. The molecular formula is C13H15ClO2S. The highest BCUT2D eigenvalue weighted by molar-refractivity contribution is 7.92. The monoisotopic (exact) mass is 270 g/mol. The molecule has 1 aromatic rings. The molecule has 2 bridgehead atoms. The minimum atomic E-state index is -3.18. The molecule has 1 aromatic carbocycles. The van der Waals surface area contributed by atoms with Crippen molar-refractivity contribution < 1.29 is 8.42 Å². The molecule has 2 nitrogen and oxygen atoms in total. The van der Waals surface area contributed by atoms with E-state index in [-0.39, 0.29) is 22.5 Å². The molecule has 0 heterocycles. The summed E-state index contributed by atoms with van der Waals surface area (Å²) in [5.74, 6) is 0.334. The maximum Gasteiger partial charge on any atom is 0.181 e. The minimum Gasteiger partial charge on any atom is -0.223 e. The highest BCUT2D eigenvalue weighted by Gasteiger charge is 2.57. The maximum atomic E-state index is 12.5.